The Bertz CT molecular complexity index is 975. The lowest BCUT2D eigenvalue weighted by Crippen LogP contribution is -2.11. The highest BCUT2D eigenvalue weighted by atomic mass is 32.2. The van der Waals surface area contributed by atoms with E-state index >= 15 is 0 Å². The van der Waals surface area contributed by atoms with E-state index in [0.717, 1.165) is 28.9 Å². The first-order chi connectivity index (χ1) is 13.1. The Hall–Kier alpha value is -2.37. The highest BCUT2D eigenvalue weighted by Crippen LogP contribution is 2.42. The fourth-order valence-corrected chi connectivity index (χ4v) is 4.40. The number of nitrogens with zero attached hydrogens (tertiary/aromatic N) is 1. The molecule has 0 radical (unpaired) electrons. The van der Waals surface area contributed by atoms with Crippen LogP contribution < -0.4 is 0 Å². The van der Waals surface area contributed by atoms with Gasteiger partial charge in [0.1, 0.15) is 6.26 Å². The van der Waals surface area contributed by atoms with Gasteiger partial charge in [-0.05, 0) is 35.6 Å². The van der Waals surface area contributed by atoms with Crippen LogP contribution in [0.15, 0.2) is 64.1 Å². The minimum absolute atomic E-state index is 0.0595. The molecule has 138 valence electrons. The quantitative estimate of drug-likeness (QED) is 0.461. The lowest BCUT2D eigenvalue weighted by molar-refractivity contribution is 0.103. The molecular weight excluding hydrogens is 358 g/mol. The largest absolute Gasteiger partial charge is 0.612 e. The van der Waals surface area contributed by atoms with Crippen molar-refractivity contribution in [2.75, 3.05) is 6.26 Å². The van der Waals surface area contributed by atoms with Gasteiger partial charge >= 0.3 is 0 Å². The van der Waals surface area contributed by atoms with Crippen LogP contribution in [0.5, 0.6) is 0 Å². The van der Waals surface area contributed by atoms with Crippen LogP contribution in [0.25, 0.3) is 0 Å². The van der Waals surface area contributed by atoms with Crippen molar-refractivity contribution >= 4 is 17.0 Å². The van der Waals surface area contributed by atoms with Crippen LogP contribution in [0.3, 0.4) is 0 Å². The molecule has 4 rings (SSSR count). The summed E-state index contributed by atoms with van der Waals surface area (Å²) in [5.74, 6) is 0.905. The normalized spacial score (nSPS) is 16.1. The zero-order valence-corrected chi connectivity index (χ0v) is 16.2. The third-order valence-corrected chi connectivity index (χ3v) is 6.15. The summed E-state index contributed by atoms with van der Waals surface area (Å²) < 4.78 is 17.5. The monoisotopic (exact) mass is 379 g/mol. The summed E-state index contributed by atoms with van der Waals surface area (Å²) in [6.45, 7) is 2.05. The second-order valence-electron chi connectivity index (χ2n) is 7.01. The third-order valence-electron chi connectivity index (χ3n) is 5.16. The number of hydrogen-bond acceptors (Lipinski definition) is 4. The van der Waals surface area contributed by atoms with Gasteiger partial charge in [-0.15, -0.1) is 0 Å². The molecule has 1 saturated carbocycles. The maximum atomic E-state index is 13.3. The number of carbonyl (C=O) groups is 1. The highest BCUT2D eigenvalue weighted by molar-refractivity contribution is 7.90. The summed E-state index contributed by atoms with van der Waals surface area (Å²) in [4.78, 5) is 14.1. The topological polar surface area (TPSA) is 66.2 Å². The van der Waals surface area contributed by atoms with Crippen LogP contribution in [-0.2, 0) is 11.2 Å². The molecule has 0 aliphatic heterocycles. The lowest BCUT2D eigenvalue weighted by Gasteiger charge is -2.19. The number of aromatic nitrogens is 1. The van der Waals surface area contributed by atoms with Gasteiger partial charge in [0.25, 0.3) is 0 Å². The average molecular weight is 379 g/mol. The predicted octanol–water partition coefficient (Wildman–Crippen LogP) is 4.67. The second-order valence-corrected chi connectivity index (χ2v) is 8.36. The zero-order chi connectivity index (χ0) is 19.0. The molecule has 0 bridgehead atoms. The van der Waals surface area contributed by atoms with Gasteiger partial charge in [-0.3, -0.25) is 4.79 Å². The molecule has 0 saturated heterocycles. The molecule has 1 fully saturated rings. The molecule has 2 aromatic carbocycles. The van der Waals surface area contributed by atoms with Crippen molar-refractivity contribution in [2.24, 2.45) is 0 Å². The summed E-state index contributed by atoms with van der Waals surface area (Å²) in [5.41, 5.74) is 3.10. The van der Waals surface area contributed by atoms with E-state index < -0.39 is 11.2 Å². The standard InChI is InChI=1S/C22H21NO3S/c1-14(17-8-5-6-10-20(17)27(2)25)16-7-3-4-9-18(16)21(24)19-13-23-26-22(19)15-11-12-15/h3-10,13-15H,11-12H2,1-2H3. The molecule has 1 aliphatic rings. The van der Waals surface area contributed by atoms with E-state index in [1.807, 2.05) is 55.5 Å². The number of carbonyl (C=O) groups excluding carboxylic acids is 1. The molecule has 5 heteroatoms. The Labute approximate surface area is 161 Å². The summed E-state index contributed by atoms with van der Waals surface area (Å²) in [6, 6.07) is 15.3. The van der Waals surface area contributed by atoms with Crippen LogP contribution in [0.2, 0.25) is 0 Å². The molecule has 2 atom stereocenters. The minimum atomic E-state index is -1.09. The van der Waals surface area contributed by atoms with Crippen molar-refractivity contribution in [1.29, 1.82) is 0 Å². The van der Waals surface area contributed by atoms with Crippen LogP contribution in [-0.4, -0.2) is 21.7 Å². The van der Waals surface area contributed by atoms with Crippen LogP contribution in [0.4, 0.5) is 0 Å². The van der Waals surface area contributed by atoms with Gasteiger partial charge in [0.05, 0.1) is 11.8 Å². The Morgan fingerprint density at radius 2 is 1.78 bits per heavy atom. The Kier molecular flexibility index (Phi) is 4.89. The average Bonchev–Trinajstić information content (AvgIpc) is 3.43. The van der Waals surface area contributed by atoms with Gasteiger partial charge in [0.15, 0.2) is 16.4 Å². The summed E-state index contributed by atoms with van der Waals surface area (Å²) >= 11 is -1.09. The van der Waals surface area contributed by atoms with Gasteiger partial charge in [0, 0.05) is 23.0 Å². The summed E-state index contributed by atoms with van der Waals surface area (Å²) in [7, 11) is 0. The molecule has 0 N–H and O–H groups in total. The van der Waals surface area contributed by atoms with E-state index in [1.54, 1.807) is 6.26 Å². The smallest absolute Gasteiger partial charge is 0.198 e. The van der Waals surface area contributed by atoms with Gasteiger partial charge < -0.3 is 9.08 Å². The number of ketones is 1. The van der Waals surface area contributed by atoms with Crippen molar-refractivity contribution in [1.82, 2.24) is 5.16 Å². The first-order valence-electron chi connectivity index (χ1n) is 9.08. The van der Waals surface area contributed by atoms with E-state index in [9.17, 15) is 9.35 Å². The Morgan fingerprint density at radius 1 is 1.11 bits per heavy atom. The van der Waals surface area contributed by atoms with Gasteiger partial charge in [-0.2, -0.15) is 0 Å². The highest BCUT2D eigenvalue weighted by Gasteiger charge is 2.33. The van der Waals surface area contributed by atoms with Crippen molar-refractivity contribution in [3.05, 3.63) is 82.7 Å². The summed E-state index contributed by atoms with van der Waals surface area (Å²) in [6.07, 6.45) is 5.31. The van der Waals surface area contributed by atoms with Crippen molar-refractivity contribution in [2.45, 2.75) is 36.5 Å². The molecule has 3 aromatic rings. The Morgan fingerprint density at radius 3 is 2.48 bits per heavy atom. The van der Waals surface area contributed by atoms with Crippen LogP contribution >= 0.6 is 0 Å². The van der Waals surface area contributed by atoms with E-state index in [2.05, 4.69) is 5.16 Å². The van der Waals surface area contributed by atoms with Crippen molar-refractivity contribution in [3.8, 4) is 0 Å². The fourth-order valence-electron chi connectivity index (χ4n) is 3.55. The van der Waals surface area contributed by atoms with Crippen LogP contribution in [0.1, 0.15) is 64.4 Å². The molecule has 1 aromatic heterocycles. The molecular formula is C22H21NO3S. The first kappa shape index (κ1) is 18.0. The molecule has 1 heterocycles. The molecule has 27 heavy (non-hydrogen) atoms. The Balaban J connectivity index is 1.75. The molecule has 0 amide bonds. The molecule has 2 unspecified atom stereocenters. The van der Waals surface area contributed by atoms with Crippen molar-refractivity contribution in [3.63, 3.8) is 0 Å². The SMILES string of the molecule is CC(c1ccccc1C(=O)c1cnoc1C1CC1)c1ccccc1[S+](C)[O-]. The van der Waals surface area contributed by atoms with E-state index in [4.69, 9.17) is 4.52 Å². The lowest BCUT2D eigenvalue weighted by atomic mass is 9.87. The predicted molar refractivity (Wildman–Crippen MR) is 105 cm³/mol. The molecule has 1 aliphatic carbocycles. The van der Waals surface area contributed by atoms with Gasteiger partial charge in [0.2, 0.25) is 0 Å². The maximum absolute atomic E-state index is 13.3. The molecule has 0 spiro atoms. The van der Waals surface area contributed by atoms with E-state index in [-0.39, 0.29) is 11.7 Å². The number of rotatable bonds is 6. The first-order valence-corrected chi connectivity index (χ1v) is 10.6. The number of benzene rings is 2. The molecule has 4 nitrogen and oxygen atoms in total. The van der Waals surface area contributed by atoms with Crippen molar-refractivity contribution < 1.29 is 13.9 Å². The van der Waals surface area contributed by atoms with E-state index in [1.165, 1.54) is 6.20 Å². The van der Waals surface area contributed by atoms with Gasteiger partial charge in [-0.1, -0.05) is 54.5 Å². The maximum Gasteiger partial charge on any atom is 0.198 e. The second kappa shape index (κ2) is 7.33. The van der Waals surface area contributed by atoms with Crippen LogP contribution in [0, 0.1) is 0 Å². The summed E-state index contributed by atoms with van der Waals surface area (Å²) in [5, 5.41) is 3.86. The minimum Gasteiger partial charge on any atom is -0.612 e. The van der Waals surface area contributed by atoms with E-state index in [0.29, 0.717) is 22.8 Å². The zero-order valence-electron chi connectivity index (χ0n) is 15.3. The fraction of sp³-hybridized carbons (Fsp3) is 0.273. The third kappa shape index (κ3) is 3.45. The van der Waals surface area contributed by atoms with Gasteiger partial charge in [-0.25, -0.2) is 0 Å². The number of hydrogen-bond donors (Lipinski definition) is 0.